The molecule has 0 aromatic heterocycles. The van der Waals surface area contributed by atoms with Gasteiger partial charge in [-0.05, 0) is 58.1 Å². The molecule has 2 aromatic rings. The Bertz CT molecular complexity index is 768. The van der Waals surface area contributed by atoms with Gasteiger partial charge in [-0.15, -0.1) is 0 Å². The largest absolute Gasteiger partial charge is 0.483 e. The van der Waals surface area contributed by atoms with Crippen LogP contribution in [0.25, 0.3) is 0 Å². The van der Waals surface area contributed by atoms with E-state index in [4.69, 9.17) is 10.00 Å². The lowest BCUT2D eigenvalue weighted by atomic mass is 9.99. The van der Waals surface area contributed by atoms with Crippen molar-refractivity contribution >= 4 is 27.5 Å². The number of carbonyl (C=O) groups is 1. The van der Waals surface area contributed by atoms with Gasteiger partial charge in [-0.25, -0.2) is 0 Å². The molecule has 2 rings (SSSR count). The second-order valence-electron chi connectivity index (χ2n) is 5.49. The maximum absolute atomic E-state index is 12.0. The second-order valence-corrected chi connectivity index (χ2v) is 6.35. The lowest BCUT2D eigenvalue weighted by molar-refractivity contribution is -0.118. The highest BCUT2D eigenvalue weighted by molar-refractivity contribution is 9.10. The fourth-order valence-corrected chi connectivity index (χ4v) is 2.71. The highest BCUT2D eigenvalue weighted by Crippen LogP contribution is 2.30. The summed E-state index contributed by atoms with van der Waals surface area (Å²) in [5.74, 6) is 0.780. The molecule has 0 fully saturated rings. The fraction of sp³-hybridized carbons (Fsp3) is 0.263. The molecule has 1 N–H and O–H groups in total. The number of ether oxygens (including phenoxy) is 1. The standard InChI is InChI=1S/C19H19BrN2O2/c1-3-13(2)14-8-9-18(16(20)10-14)24-12-19(23)22-17-7-5-4-6-15(17)11-21/h4-10,13H,3,12H2,1-2H3,(H,22,23). The van der Waals surface area contributed by atoms with E-state index in [9.17, 15) is 4.79 Å². The number of para-hydroxylation sites is 1. The maximum atomic E-state index is 12.0. The van der Waals surface area contributed by atoms with Gasteiger partial charge in [-0.3, -0.25) is 4.79 Å². The van der Waals surface area contributed by atoms with Crippen molar-refractivity contribution in [3.8, 4) is 11.8 Å². The number of nitrogens with one attached hydrogen (secondary N) is 1. The van der Waals surface area contributed by atoms with Crippen molar-refractivity contribution in [2.75, 3.05) is 11.9 Å². The number of nitriles is 1. The van der Waals surface area contributed by atoms with Gasteiger partial charge in [-0.1, -0.05) is 32.0 Å². The van der Waals surface area contributed by atoms with Crippen LogP contribution in [0.1, 0.15) is 37.3 Å². The monoisotopic (exact) mass is 386 g/mol. The number of benzene rings is 2. The quantitative estimate of drug-likeness (QED) is 0.771. The minimum absolute atomic E-state index is 0.124. The van der Waals surface area contributed by atoms with Crippen LogP contribution < -0.4 is 10.1 Å². The molecule has 1 atom stereocenters. The molecule has 0 saturated heterocycles. The number of anilines is 1. The number of carbonyl (C=O) groups excluding carboxylic acids is 1. The SMILES string of the molecule is CCC(C)c1ccc(OCC(=O)Nc2ccccc2C#N)c(Br)c1. The van der Waals surface area contributed by atoms with E-state index in [1.165, 1.54) is 5.56 Å². The number of hydrogen-bond donors (Lipinski definition) is 1. The van der Waals surface area contributed by atoms with Crippen molar-refractivity contribution < 1.29 is 9.53 Å². The van der Waals surface area contributed by atoms with E-state index in [1.807, 2.05) is 24.3 Å². The van der Waals surface area contributed by atoms with E-state index in [1.54, 1.807) is 24.3 Å². The van der Waals surface area contributed by atoms with Crippen LogP contribution in [0.5, 0.6) is 5.75 Å². The topological polar surface area (TPSA) is 62.1 Å². The first-order valence-electron chi connectivity index (χ1n) is 7.76. The van der Waals surface area contributed by atoms with Crippen LogP contribution in [0, 0.1) is 11.3 Å². The third kappa shape index (κ3) is 4.59. The molecule has 0 radical (unpaired) electrons. The number of rotatable bonds is 6. The zero-order chi connectivity index (χ0) is 17.5. The van der Waals surface area contributed by atoms with Crippen molar-refractivity contribution in [3.05, 3.63) is 58.1 Å². The summed E-state index contributed by atoms with van der Waals surface area (Å²) in [6.07, 6.45) is 1.06. The summed E-state index contributed by atoms with van der Waals surface area (Å²) in [6, 6.07) is 14.8. The zero-order valence-corrected chi connectivity index (χ0v) is 15.3. The predicted octanol–water partition coefficient (Wildman–Crippen LogP) is 4.85. The lowest BCUT2D eigenvalue weighted by Crippen LogP contribution is -2.20. The number of hydrogen-bond acceptors (Lipinski definition) is 3. The molecule has 0 saturated carbocycles. The molecule has 2 aromatic carbocycles. The van der Waals surface area contributed by atoms with Gasteiger partial charge in [0.1, 0.15) is 11.8 Å². The fourth-order valence-electron chi connectivity index (χ4n) is 2.20. The Hall–Kier alpha value is -2.32. The molecule has 5 heteroatoms. The molecule has 0 aliphatic rings. The summed E-state index contributed by atoms with van der Waals surface area (Å²) in [7, 11) is 0. The van der Waals surface area contributed by atoms with E-state index < -0.39 is 0 Å². The molecule has 1 unspecified atom stereocenters. The van der Waals surface area contributed by atoms with Crippen LogP contribution in [-0.4, -0.2) is 12.5 Å². The van der Waals surface area contributed by atoms with Crippen LogP contribution in [0.2, 0.25) is 0 Å². The predicted molar refractivity (Wildman–Crippen MR) is 98.1 cm³/mol. The average molecular weight is 387 g/mol. The molecule has 4 nitrogen and oxygen atoms in total. The minimum atomic E-state index is -0.310. The van der Waals surface area contributed by atoms with Crippen molar-refractivity contribution in [3.63, 3.8) is 0 Å². The van der Waals surface area contributed by atoms with Crippen LogP contribution in [0.4, 0.5) is 5.69 Å². The molecule has 0 spiro atoms. The normalized spacial score (nSPS) is 11.4. The molecule has 0 aliphatic carbocycles. The Morgan fingerprint density at radius 1 is 1.33 bits per heavy atom. The number of amides is 1. The van der Waals surface area contributed by atoms with Crippen LogP contribution in [-0.2, 0) is 4.79 Å². The van der Waals surface area contributed by atoms with Crippen LogP contribution in [0.3, 0.4) is 0 Å². The third-order valence-electron chi connectivity index (χ3n) is 3.82. The van der Waals surface area contributed by atoms with Gasteiger partial charge in [0.15, 0.2) is 6.61 Å². The molecule has 0 heterocycles. The smallest absolute Gasteiger partial charge is 0.262 e. The van der Waals surface area contributed by atoms with Crippen LogP contribution >= 0.6 is 15.9 Å². The number of halogens is 1. The summed E-state index contributed by atoms with van der Waals surface area (Å²) in [6.45, 7) is 4.19. The van der Waals surface area contributed by atoms with Crippen molar-refractivity contribution in [1.29, 1.82) is 5.26 Å². The summed E-state index contributed by atoms with van der Waals surface area (Å²) in [4.78, 5) is 12.0. The first-order chi connectivity index (χ1) is 11.5. The summed E-state index contributed by atoms with van der Waals surface area (Å²) in [5, 5.41) is 11.7. The van der Waals surface area contributed by atoms with E-state index in [-0.39, 0.29) is 12.5 Å². The maximum Gasteiger partial charge on any atom is 0.262 e. The third-order valence-corrected chi connectivity index (χ3v) is 4.44. The Labute approximate surface area is 150 Å². The van der Waals surface area contributed by atoms with Crippen molar-refractivity contribution in [2.24, 2.45) is 0 Å². The second kappa shape index (κ2) is 8.51. The zero-order valence-electron chi connectivity index (χ0n) is 13.7. The molecule has 124 valence electrons. The summed E-state index contributed by atoms with van der Waals surface area (Å²) in [5.41, 5.74) is 2.13. The summed E-state index contributed by atoms with van der Waals surface area (Å²) < 4.78 is 6.40. The highest BCUT2D eigenvalue weighted by atomic mass is 79.9. The molecule has 1 amide bonds. The molecule has 0 bridgehead atoms. The van der Waals surface area contributed by atoms with E-state index in [0.29, 0.717) is 22.9 Å². The first-order valence-corrected chi connectivity index (χ1v) is 8.55. The van der Waals surface area contributed by atoms with Crippen molar-refractivity contribution in [2.45, 2.75) is 26.2 Å². The van der Waals surface area contributed by atoms with Gasteiger partial charge in [0.25, 0.3) is 5.91 Å². The Morgan fingerprint density at radius 2 is 2.08 bits per heavy atom. The minimum Gasteiger partial charge on any atom is -0.483 e. The highest BCUT2D eigenvalue weighted by Gasteiger charge is 2.10. The van der Waals surface area contributed by atoms with Gasteiger partial charge in [-0.2, -0.15) is 5.26 Å². The molecular formula is C19H19BrN2O2. The molecular weight excluding hydrogens is 368 g/mol. The lowest BCUT2D eigenvalue weighted by Gasteiger charge is -2.13. The van der Waals surface area contributed by atoms with E-state index in [0.717, 1.165) is 10.9 Å². The van der Waals surface area contributed by atoms with E-state index in [2.05, 4.69) is 35.1 Å². The Kier molecular flexibility index (Phi) is 6.39. The molecule has 24 heavy (non-hydrogen) atoms. The Morgan fingerprint density at radius 3 is 2.75 bits per heavy atom. The van der Waals surface area contributed by atoms with Gasteiger partial charge in [0, 0.05) is 0 Å². The van der Waals surface area contributed by atoms with Gasteiger partial charge < -0.3 is 10.1 Å². The summed E-state index contributed by atoms with van der Waals surface area (Å²) >= 11 is 3.48. The number of nitrogens with zero attached hydrogens (tertiary/aromatic N) is 1. The first kappa shape index (κ1) is 18.0. The Balaban J connectivity index is 1.98. The van der Waals surface area contributed by atoms with Crippen molar-refractivity contribution in [1.82, 2.24) is 0 Å². The van der Waals surface area contributed by atoms with E-state index >= 15 is 0 Å². The van der Waals surface area contributed by atoms with Gasteiger partial charge in [0.2, 0.25) is 0 Å². The van der Waals surface area contributed by atoms with Crippen LogP contribution in [0.15, 0.2) is 46.9 Å². The van der Waals surface area contributed by atoms with Gasteiger partial charge >= 0.3 is 0 Å². The average Bonchev–Trinajstić information content (AvgIpc) is 2.60. The molecule has 0 aliphatic heterocycles. The van der Waals surface area contributed by atoms with Gasteiger partial charge in [0.05, 0.1) is 15.7 Å².